The third-order valence-corrected chi connectivity index (χ3v) is 13.4. The van der Waals surface area contributed by atoms with Crippen molar-refractivity contribution >= 4 is 96.3 Å². The molecule has 70 heavy (non-hydrogen) atoms. The van der Waals surface area contributed by atoms with Crippen LogP contribution in [0, 0.1) is 0 Å². The summed E-state index contributed by atoms with van der Waals surface area (Å²) >= 11 is 0. The molecule has 0 spiro atoms. The van der Waals surface area contributed by atoms with Crippen LogP contribution in [0.3, 0.4) is 0 Å². The Labute approximate surface area is 409 Å². The van der Waals surface area contributed by atoms with E-state index in [-0.39, 0.29) is 6.04 Å². The van der Waals surface area contributed by atoms with Gasteiger partial charge in [-0.15, -0.1) is 0 Å². The predicted molar refractivity (Wildman–Crippen MR) is 297 cm³/mol. The lowest BCUT2D eigenvalue weighted by Gasteiger charge is -2.33. The highest BCUT2D eigenvalue weighted by Gasteiger charge is 2.22. The summed E-state index contributed by atoms with van der Waals surface area (Å²) in [5, 5.41) is 7.42. The maximum absolute atomic E-state index is 2.47. The summed E-state index contributed by atoms with van der Waals surface area (Å²) in [5.41, 5.74) is 12.0. The van der Waals surface area contributed by atoms with Crippen molar-refractivity contribution in [3.63, 3.8) is 0 Å². The molecule has 11 aromatic carbocycles. The fraction of sp³-hybridized carbons (Fsp3) is 0.0303. The minimum absolute atomic E-state index is 0.157. The van der Waals surface area contributed by atoms with Crippen molar-refractivity contribution in [2.75, 3.05) is 19.6 Å². The topological polar surface area (TPSA) is 13.0 Å². The Morgan fingerprint density at radius 1 is 0.243 bits per heavy atom. The van der Waals surface area contributed by atoms with Gasteiger partial charge in [-0.1, -0.05) is 152 Å². The summed E-state index contributed by atoms with van der Waals surface area (Å²) in [6.45, 7) is 0. The number of para-hydroxylation sites is 3. The van der Waals surface area contributed by atoms with Gasteiger partial charge in [0, 0.05) is 62.6 Å². The molecule has 0 radical (unpaired) electrons. The van der Waals surface area contributed by atoms with E-state index in [4.69, 9.17) is 0 Å². The molecular formula is C66H50N4. The van der Waals surface area contributed by atoms with Crippen LogP contribution in [0.1, 0.15) is 6.42 Å². The minimum atomic E-state index is 0.157. The first-order chi connectivity index (χ1) is 34.7. The van der Waals surface area contributed by atoms with Gasteiger partial charge in [0.1, 0.15) is 0 Å². The molecule has 1 atom stereocenters. The monoisotopic (exact) mass is 898 g/mol. The zero-order chi connectivity index (χ0) is 46.6. The Morgan fingerprint density at radius 3 is 0.986 bits per heavy atom. The smallest absolute Gasteiger partial charge is 0.0566 e. The molecule has 1 aliphatic rings. The third kappa shape index (κ3) is 8.44. The average molecular weight is 899 g/mol. The number of hydrogen-bond acceptors (Lipinski definition) is 4. The van der Waals surface area contributed by atoms with Crippen LogP contribution < -0.4 is 30.0 Å². The lowest BCUT2D eigenvalue weighted by Crippen LogP contribution is -2.37. The Hall–Kier alpha value is -9.12. The quantitative estimate of drug-likeness (QED) is 0.121. The molecule has 1 unspecified atom stereocenters. The largest absolute Gasteiger partial charge is 0.334 e. The molecule has 334 valence electrons. The molecule has 0 saturated carbocycles. The van der Waals surface area contributed by atoms with Gasteiger partial charge in [-0.3, -0.25) is 0 Å². The van der Waals surface area contributed by atoms with Gasteiger partial charge in [-0.25, -0.2) is 0 Å². The molecule has 4 heteroatoms. The van der Waals surface area contributed by atoms with Crippen LogP contribution in [0.15, 0.2) is 273 Å². The van der Waals surface area contributed by atoms with E-state index in [0.717, 1.165) is 69.0 Å². The Balaban J connectivity index is 0.954. The van der Waals surface area contributed by atoms with Crippen LogP contribution in [-0.4, -0.2) is 6.04 Å². The molecule has 0 saturated heterocycles. The highest BCUT2D eigenvalue weighted by molar-refractivity contribution is 5.91. The standard InChI is InChI=1S/C66H50N4/c1-4-22-55(23-5-1)68(64-31-28-49-16-10-13-19-52(49)46-64)61-40-34-58(35-41-61)67(59-36-42-62(43-37-59)69(56-24-6-2-7-25-56)65-32-29-50-17-11-14-20-53(50)47-65)60-38-44-63(45-39-60)70(57-26-8-3-9-27-57)66-33-30-51-18-12-15-21-54(51)48-66/h1-32,34-48,66H,33H2. The van der Waals surface area contributed by atoms with E-state index < -0.39 is 0 Å². The second-order valence-electron chi connectivity index (χ2n) is 17.8. The first-order valence-corrected chi connectivity index (χ1v) is 24.1. The molecule has 0 amide bonds. The maximum Gasteiger partial charge on any atom is 0.0566 e. The van der Waals surface area contributed by atoms with E-state index in [1.807, 2.05) is 0 Å². The van der Waals surface area contributed by atoms with Crippen LogP contribution in [0.5, 0.6) is 0 Å². The van der Waals surface area contributed by atoms with Crippen LogP contribution in [0.25, 0.3) is 33.7 Å². The normalized spacial score (nSPS) is 12.9. The summed E-state index contributed by atoms with van der Waals surface area (Å²) in [6, 6.07) is 98.5. The van der Waals surface area contributed by atoms with Crippen molar-refractivity contribution < 1.29 is 0 Å². The number of benzene rings is 11. The van der Waals surface area contributed by atoms with Crippen LogP contribution >= 0.6 is 0 Å². The van der Waals surface area contributed by atoms with Crippen molar-refractivity contribution in [1.29, 1.82) is 0 Å². The van der Waals surface area contributed by atoms with Crippen LogP contribution in [0.4, 0.5) is 62.6 Å². The van der Waals surface area contributed by atoms with Gasteiger partial charge in [-0.05, 0) is 172 Å². The molecule has 0 bridgehead atoms. The van der Waals surface area contributed by atoms with E-state index >= 15 is 0 Å². The maximum atomic E-state index is 2.47. The molecule has 0 aliphatic heterocycles. The van der Waals surface area contributed by atoms with E-state index in [1.54, 1.807) is 0 Å². The lowest BCUT2D eigenvalue weighted by molar-refractivity contribution is 0.837. The number of anilines is 11. The first kappa shape index (κ1) is 42.2. The van der Waals surface area contributed by atoms with Crippen molar-refractivity contribution in [3.8, 4) is 0 Å². The molecule has 0 N–H and O–H groups in total. The van der Waals surface area contributed by atoms with Gasteiger partial charge in [0.25, 0.3) is 0 Å². The molecule has 1 aliphatic carbocycles. The first-order valence-electron chi connectivity index (χ1n) is 24.1. The highest BCUT2D eigenvalue weighted by Crippen LogP contribution is 2.43. The van der Waals surface area contributed by atoms with Crippen LogP contribution in [-0.2, 0) is 0 Å². The highest BCUT2D eigenvalue weighted by atomic mass is 15.2. The van der Waals surface area contributed by atoms with E-state index in [9.17, 15) is 0 Å². The predicted octanol–water partition coefficient (Wildman–Crippen LogP) is 16.6. The van der Waals surface area contributed by atoms with Crippen molar-refractivity contribution in [2.45, 2.75) is 12.5 Å². The summed E-state index contributed by atoms with van der Waals surface area (Å²) in [6.07, 6.45) is 5.70. The Kier molecular flexibility index (Phi) is 11.4. The van der Waals surface area contributed by atoms with Gasteiger partial charge in [0.05, 0.1) is 6.04 Å². The lowest BCUT2D eigenvalue weighted by atomic mass is 10.0. The molecule has 4 nitrogen and oxygen atoms in total. The van der Waals surface area contributed by atoms with Crippen molar-refractivity contribution in [3.05, 3.63) is 283 Å². The SMILES string of the molecule is C1=c2ccccc2=CC(N(c2ccccc2)c2ccc(N(c3ccc(N(c4ccccc4)c4ccc5ccccc5c4)cc3)c3ccc(N(c4ccccc4)c4ccc5ccccc5c4)cc3)cc2)C1. The minimum Gasteiger partial charge on any atom is -0.334 e. The Morgan fingerprint density at radius 2 is 0.543 bits per heavy atom. The van der Waals surface area contributed by atoms with Gasteiger partial charge in [-0.2, -0.15) is 0 Å². The van der Waals surface area contributed by atoms with Crippen molar-refractivity contribution in [2.24, 2.45) is 0 Å². The zero-order valence-electron chi connectivity index (χ0n) is 38.7. The number of hydrogen-bond donors (Lipinski definition) is 0. The fourth-order valence-electron chi connectivity index (χ4n) is 10.1. The summed E-state index contributed by atoms with van der Waals surface area (Å²) < 4.78 is 0. The summed E-state index contributed by atoms with van der Waals surface area (Å²) in [7, 11) is 0. The van der Waals surface area contributed by atoms with Gasteiger partial charge < -0.3 is 19.6 Å². The average Bonchev–Trinajstić information content (AvgIpc) is 3.43. The van der Waals surface area contributed by atoms with Gasteiger partial charge in [0.2, 0.25) is 0 Å². The molecular weight excluding hydrogens is 849 g/mol. The molecule has 0 heterocycles. The fourth-order valence-corrected chi connectivity index (χ4v) is 10.1. The zero-order valence-corrected chi connectivity index (χ0v) is 38.7. The number of fused-ring (bicyclic) bond motifs is 3. The van der Waals surface area contributed by atoms with E-state index in [2.05, 4.69) is 305 Å². The number of rotatable bonds is 12. The molecule has 11 aromatic rings. The second kappa shape index (κ2) is 18.9. The van der Waals surface area contributed by atoms with Crippen LogP contribution in [0.2, 0.25) is 0 Å². The second-order valence-corrected chi connectivity index (χ2v) is 17.8. The third-order valence-electron chi connectivity index (χ3n) is 13.4. The van der Waals surface area contributed by atoms with Gasteiger partial charge >= 0.3 is 0 Å². The van der Waals surface area contributed by atoms with E-state index in [0.29, 0.717) is 0 Å². The summed E-state index contributed by atoms with van der Waals surface area (Å²) in [4.78, 5) is 9.52. The van der Waals surface area contributed by atoms with E-state index in [1.165, 1.54) is 32.0 Å². The molecule has 0 fully saturated rings. The molecule has 12 rings (SSSR count). The summed E-state index contributed by atoms with van der Waals surface area (Å²) in [5.74, 6) is 0. The van der Waals surface area contributed by atoms with Gasteiger partial charge in [0.15, 0.2) is 0 Å². The Bertz CT molecular complexity index is 3520. The number of nitrogens with zero attached hydrogens (tertiary/aromatic N) is 4. The van der Waals surface area contributed by atoms with Crippen molar-refractivity contribution in [1.82, 2.24) is 0 Å². The molecule has 0 aromatic heterocycles.